The molecular weight excluding hydrogens is 689 g/mol. The Morgan fingerprint density at radius 3 is 1.69 bits per heavy atom. The van der Waals surface area contributed by atoms with Gasteiger partial charge < -0.3 is 0 Å². The van der Waals surface area contributed by atoms with Gasteiger partial charge in [0, 0.05) is 35.3 Å². The van der Waals surface area contributed by atoms with Crippen LogP contribution in [-0.4, -0.2) is 0 Å². The maximum absolute atomic E-state index is 4.79. The quantitative estimate of drug-likeness (QED) is 0.155. The second-order valence-corrected chi connectivity index (χ2v) is 16.3. The molecule has 0 saturated heterocycles. The zero-order valence-electron chi connectivity index (χ0n) is 29.3. The predicted octanol–water partition coefficient (Wildman–Crippen LogP) is 15.8. The summed E-state index contributed by atoms with van der Waals surface area (Å²) in [5.41, 5.74) is 9.64. The molecule has 0 aliphatic heterocycles. The lowest BCUT2D eigenvalue weighted by atomic mass is 9.85. The highest BCUT2D eigenvalue weighted by Gasteiger charge is 2.19. The van der Waals surface area contributed by atoms with Gasteiger partial charge in [-0.25, -0.2) is 0 Å². The van der Waals surface area contributed by atoms with Crippen LogP contribution < -0.4 is 0 Å². The number of fused-ring (bicyclic) bond motifs is 7. The average molecular weight is 721 g/mol. The summed E-state index contributed by atoms with van der Waals surface area (Å²) in [6.45, 7) is 4.79. The van der Waals surface area contributed by atoms with Crippen LogP contribution in [0, 0.1) is 0 Å². The van der Waals surface area contributed by atoms with E-state index in [4.69, 9.17) is 6.58 Å². The molecule has 0 radical (unpaired) electrons. The highest BCUT2D eigenvalue weighted by atomic mass is 32.1. The molecule has 54 heavy (non-hydrogen) atoms. The molecule has 2 aromatic heterocycles. The largest absolute Gasteiger partial charge is 0.135 e. The Labute approximate surface area is 321 Å². The van der Waals surface area contributed by atoms with Crippen LogP contribution in [0.1, 0.15) is 11.1 Å². The van der Waals surface area contributed by atoms with Crippen molar-refractivity contribution in [3.05, 3.63) is 200 Å². The molecule has 0 bridgehead atoms. The summed E-state index contributed by atoms with van der Waals surface area (Å²) in [4.78, 5) is 1.27. The van der Waals surface area contributed by atoms with E-state index < -0.39 is 0 Å². The maximum atomic E-state index is 4.79. The zero-order valence-corrected chi connectivity index (χ0v) is 31.0. The minimum absolute atomic E-state index is 1.04. The number of thiophene rings is 2. The molecule has 11 rings (SSSR count). The van der Waals surface area contributed by atoms with Crippen LogP contribution in [0.3, 0.4) is 0 Å². The molecule has 0 N–H and O–H groups in total. The monoisotopic (exact) mass is 720 g/mol. The van der Waals surface area contributed by atoms with Gasteiger partial charge in [0.2, 0.25) is 0 Å². The van der Waals surface area contributed by atoms with Gasteiger partial charge in [-0.3, -0.25) is 0 Å². The van der Waals surface area contributed by atoms with E-state index in [0.717, 1.165) is 11.1 Å². The molecule has 0 fully saturated rings. The normalized spacial score (nSPS) is 11.8. The van der Waals surface area contributed by atoms with E-state index in [1.165, 1.54) is 101 Å². The Bertz CT molecular complexity index is 3200. The molecule has 0 unspecified atom stereocenters. The predicted molar refractivity (Wildman–Crippen MR) is 238 cm³/mol. The number of hydrogen-bond acceptors (Lipinski definition) is 2. The first-order valence-corrected chi connectivity index (χ1v) is 20.0. The van der Waals surface area contributed by atoms with Crippen molar-refractivity contribution in [1.29, 1.82) is 0 Å². The summed E-state index contributed by atoms with van der Waals surface area (Å²) in [5, 5.41) is 11.4. The topological polar surface area (TPSA) is 0 Å². The summed E-state index contributed by atoms with van der Waals surface area (Å²) < 4.78 is 3.93. The van der Waals surface area contributed by atoms with Gasteiger partial charge >= 0.3 is 0 Å². The molecule has 2 heteroatoms. The van der Waals surface area contributed by atoms with Crippen LogP contribution in [0.15, 0.2) is 189 Å². The first kappa shape index (κ1) is 31.2. The zero-order chi connectivity index (χ0) is 35.8. The Kier molecular flexibility index (Phi) is 7.16. The van der Waals surface area contributed by atoms with Crippen molar-refractivity contribution in [2.24, 2.45) is 0 Å². The molecule has 252 valence electrons. The molecule has 0 atom stereocenters. The van der Waals surface area contributed by atoms with Crippen molar-refractivity contribution in [2.75, 3.05) is 0 Å². The van der Waals surface area contributed by atoms with Crippen molar-refractivity contribution in [1.82, 2.24) is 0 Å². The summed E-state index contributed by atoms with van der Waals surface area (Å²) in [5.74, 6) is 0. The van der Waals surface area contributed by atoms with Crippen LogP contribution in [0.4, 0.5) is 0 Å². The number of rotatable bonds is 5. The summed E-state index contributed by atoms with van der Waals surface area (Å²) >= 11 is 3.73. The van der Waals surface area contributed by atoms with E-state index in [-0.39, 0.29) is 0 Å². The van der Waals surface area contributed by atoms with E-state index in [0.29, 0.717) is 0 Å². The number of hydrogen-bond donors (Lipinski definition) is 0. The van der Waals surface area contributed by atoms with Gasteiger partial charge in [-0.2, -0.15) is 0 Å². The van der Waals surface area contributed by atoms with Gasteiger partial charge in [0.1, 0.15) is 0 Å². The number of benzene rings is 9. The van der Waals surface area contributed by atoms with E-state index in [1.807, 2.05) is 22.7 Å². The average Bonchev–Trinajstić information content (AvgIpc) is 3.83. The Balaban J connectivity index is 1.06. The first-order valence-electron chi connectivity index (χ1n) is 18.3. The minimum Gasteiger partial charge on any atom is -0.135 e. The summed E-state index contributed by atoms with van der Waals surface area (Å²) in [7, 11) is 0. The molecule has 0 amide bonds. The molecule has 0 aliphatic rings. The fourth-order valence-corrected chi connectivity index (χ4v) is 10.7. The van der Waals surface area contributed by atoms with E-state index in [9.17, 15) is 0 Å². The van der Waals surface area contributed by atoms with Crippen molar-refractivity contribution < 1.29 is 0 Å². The molecule has 2 heterocycles. The SMILES string of the molecule is C=C(c1ccc2cc(-c3c4ccccc4c(-c4ccccc4)c4ccccc34)ccc2c1)c1cc2c(cc1-c1cc3ccccc3s1)sc1ccccc12. The van der Waals surface area contributed by atoms with Gasteiger partial charge in [-0.1, -0.05) is 146 Å². The van der Waals surface area contributed by atoms with E-state index in [2.05, 4.69) is 182 Å². The second-order valence-electron chi connectivity index (χ2n) is 14.1. The molecule has 11 aromatic rings. The Morgan fingerprint density at radius 1 is 0.370 bits per heavy atom. The van der Waals surface area contributed by atoms with Crippen molar-refractivity contribution in [2.45, 2.75) is 0 Å². The molecule has 0 aliphatic carbocycles. The van der Waals surface area contributed by atoms with Crippen molar-refractivity contribution in [3.8, 4) is 32.7 Å². The highest BCUT2D eigenvalue weighted by Crippen LogP contribution is 2.46. The smallest absolute Gasteiger partial charge is 0.0362 e. The lowest BCUT2D eigenvalue weighted by Crippen LogP contribution is -1.92. The first-order chi connectivity index (χ1) is 26.7. The highest BCUT2D eigenvalue weighted by molar-refractivity contribution is 7.26. The van der Waals surface area contributed by atoms with Crippen LogP contribution >= 0.6 is 22.7 Å². The third-order valence-corrected chi connectivity index (χ3v) is 13.3. The van der Waals surface area contributed by atoms with Gasteiger partial charge in [0.15, 0.2) is 0 Å². The van der Waals surface area contributed by atoms with Crippen LogP contribution in [0.5, 0.6) is 0 Å². The minimum atomic E-state index is 1.04. The van der Waals surface area contributed by atoms with E-state index >= 15 is 0 Å². The molecule has 0 spiro atoms. The summed E-state index contributed by atoms with van der Waals surface area (Å²) in [6.07, 6.45) is 0. The standard InChI is InChI=1S/C52H32S2/c1-32(44-30-45-39-16-10-12-22-48(39)54-50(45)31-46(44)49-29-37-15-5-11-21-47(37)53-49)34-23-24-36-28-38(26-25-35(36)27-34)52-42-19-8-6-17-40(42)51(33-13-3-2-4-14-33)41-18-7-9-20-43(41)52/h2-31H,1H2. The Hall–Kier alpha value is -6.32. The lowest BCUT2D eigenvalue weighted by molar-refractivity contribution is 1.61. The van der Waals surface area contributed by atoms with Gasteiger partial charge in [0.05, 0.1) is 0 Å². The maximum Gasteiger partial charge on any atom is 0.0362 e. The van der Waals surface area contributed by atoms with Gasteiger partial charge in [-0.05, 0) is 119 Å². The van der Waals surface area contributed by atoms with Crippen LogP contribution in [-0.2, 0) is 0 Å². The van der Waals surface area contributed by atoms with Crippen LogP contribution in [0.25, 0.3) is 101 Å². The fraction of sp³-hybridized carbons (Fsp3) is 0. The summed E-state index contributed by atoms with van der Waals surface area (Å²) in [6, 6.07) is 66.9. The van der Waals surface area contributed by atoms with E-state index in [1.54, 1.807) is 0 Å². The lowest BCUT2D eigenvalue weighted by Gasteiger charge is -2.18. The third-order valence-electron chi connectivity index (χ3n) is 11.0. The van der Waals surface area contributed by atoms with Crippen molar-refractivity contribution >= 4 is 90.8 Å². The molecule has 9 aromatic carbocycles. The van der Waals surface area contributed by atoms with Gasteiger partial charge in [-0.15, -0.1) is 22.7 Å². The molecule has 0 saturated carbocycles. The Morgan fingerprint density at radius 2 is 0.963 bits per heavy atom. The third kappa shape index (κ3) is 4.95. The fourth-order valence-electron chi connectivity index (χ4n) is 8.44. The van der Waals surface area contributed by atoms with Crippen LogP contribution in [0.2, 0.25) is 0 Å². The molecule has 0 nitrogen and oxygen atoms in total. The molecular formula is C52H32S2. The van der Waals surface area contributed by atoms with Crippen molar-refractivity contribution in [3.63, 3.8) is 0 Å². The second kappa shape index (κ2) is 12.4. The van der Waals surface area contributed by atoms with Gasteiger partial charge in [0.25, 0.3) is 0 Å².